The number of amides is 1. The second-order valence-electron chi connectivity index (χ2n) is 8.96. The van der Waals surface area contributed by atoms with Gasteiger partial charge in [-0.2, -0.15) is 18.3 Å². The predicted octanol–water partition coefficient (Wildman–Crippen LogP) is 4.92. The molecule has 0 radical (unpaired) electrons. The summed E-state index contributed by atoms with van der Waals surface area (Å²) in [6, 6.07) is 12.6. The van der Waals surface area contributed by atoms with E-state index in [-0.39, 0.29) is 11.6 Å². The van der Waals surface area contributed by atoms with E-state index in [0.717, 1.165) is 40.1 Å². The Morgan fingerprint density at radius 3 is 2.41 bits per heavy atom. The van der Waals surface area contributed by atoms with Crippen molar-refractivity contribution < 1.29 is 22.4 Å². The lowest BCUT2D eigenvalue weighted by Crippen LogP contribution is -2.45. The number of carbonyl (C=O) groups excluding carboxylic acids is 1. The minimum Gasteiger partial charge on any atom is -0.354 e. The van der Waals surface area contributed by atoms with Gasteiger partial charge in [0.25, 0.3) is 5.91 Å². The van der Waals surface area contributed by atoms with Gasteiger partial charge in [-0.25, -0.2) is 4.39 Å². The average Bonchev–Trinajstić information content (AvgIpc) is 3.33. The Hall–Kier alpha value is -4.02. The number of alkyl halides is 4. The Labute approximate surface area is 210 Å². The zero-order chi connectivity index (χ0) is 26.2. The molecule has 1 aliphatic rings. The number of fused-ring (bicyclic) bond motifs is 1. The number of nitrogens with zero attached hydrogens (tertiary/aromatic N) is 5. The number of aromatic nitrogens is 4. The topological polar surface area (TPSA) is 75.9 Å². The van der Waals surface area contributed by atoms with E-state index in [9.17, 15) is 22.4 Å². The quantitative estimate of drug-likeness (QED) is 0.385. The van der Waals surface area contributed by atoms with Gasteiger partial charge in [0.2, 0.25) is 0 Å². The summed E-state index contributed by atoms with van der Waals surface area (Å²) >= 11 is 0. The Bertz CT molecular complexity index is 1440. The zero-order valence-corrected chi connectivity index (χ0v) is 20.0. The van der Waals surface area contributed by atoms with Crippen molar-refractivity contribution in [3.8, 4) is 11.4 Å². The van der Waals surface area contributed by atoms with Gasteiger partial charge in [0.15, 0.2) is 5.82 Å². The molecule has 2 aromatic heterocycles. The zero-order valence-electron chi connectivity index (χ0n) is 20.0. The molecule has 1 fully saturated rings. The molecule has 4 aromatic rings. The first-order valence-electron chi connectivity index (χ1n) is 11.8. The highest BCUT2D eigenvalue weighted by atomic mass is 19.4. The van der Waals surface area contributed by atoms with Crippen molar-refractivity contribution in [2.75, 3.05) is 18.0 Å². The van der Waals surface area contributed by atoms with Crippen LogP contribution in [0.25, 0.3) is 22.2 Å². The second-order valence-corrected chi connectivity index (χ2v) is 8.96. The van der Waals surface area contributed by atoms with Gasteiger partial charge in [0.05, 0.1) is 11.3 Å². The van der Waals surface area contributed by atoms with Crippen LogP contribution in [0.2, 0.25) is 0 Å². The smallest absolute Gasteiger partial charge is 0.354 e. The van der Waals surface area contributed by atoms with E-state index in [4.69, 9.17) is 0 Å². The van der Waals surface area contributed by atoms with E-state index in [1.807, 2.05) is 37.4 Å². The first kappa shape index (κ1) is 24.7. The monoisotopic (exact) mass is 512 g/mol. The Kier molecular flexibility index (Phi) is 6.53. The molecule has 37 heavy (non-hydrogen) atoms. The maximum absolute atomic E-state index is 13.5. The fourth-order valence-electron chi connectivity index (χ4n) is 4.83. The molecule has 0 aliphatic carbocycles. The lowest BCUT2D eigenvalue weighted by atomic mass is 9.99. The molecule has 0 saturated carbocycles. The third-order valence-corrected chi connectivity index (χ3v) is 6.72. The van der Waals surface area contributed by atoms with E-state index in [1.54, 1.807) is 10.9 Å². The lowest BCUT2D eigenvalue weighted by Gasteiger charge is -2.33. The molecular weight excluding hydrogens is 488 g/mol. The van der Waals surface area contributed by atoms with E-state index in [0.29, 0.717) is 25.9 Å². The van der Waals surface area contributed by atoms with Gasteiger partial charge in [0, 0.05) is 54.3 Å². The molecule has 1 amide bonds. The summed E-state index contributed by atoms with van der Waals surface area (Å²) in [7, 11) is 1.84. The minimum atomic E-state index is -4.74. The average molecular weight is 513 g/mol. The molecule has 1 N–H and O–H groups in total. The van der Waals surface area contributed by atoms with Crippen molar-refractivity contribution in [1.29, 1.82) is 0 Å². The van der Waals surface area contributed by atoms with Crippen molar-refractivity contribution >= 4 is 22.5 Å². The molecule has 3 heterocycles. The van der Waals surface area contributed by atoms with Gasteiger partial charge in [0.1, 0.15) is 12.4 Å². The number of aryl methyl sites for hydroxylation is 1. The summed E-state index contributed by atoms with van der Waals surface area (Å²) in [4.78, 5) is 14.9. The summed E-state index contributed by atoms with van der Waals surface area (Å²) in [5, 5.41) is 17.9. The first-order valence-corrected chi connectivity index (χ1v) is 11.8. The van der Waals surface area contributed by atoms with Crippen LogP contribution in [0, 0.1) is 0 Å². The number of piperidine rings is 1. The van der Waals surface area contributed by atoms with Crippen LogP contribution in [-0.4, -0.2) is 45.0 Å². The molecule has 0 atom stereocenters. The molecule has 0 bridgehead atoms. The van der Waals surface area contributed by atoms with Crippen LogP contribution in [0.15, 0.2) is 54.7 Å². The van der Waals surface area contributed by atoms with Crippen LogP contribution in [0.4, 0.5) is 23.4 Å². The van der Waals surface area contributed by atoms with Crippen molar-refractivity contribution in [1.82, 2.24) is 25.3 Å². The maximum atomic E-state index is 13.5. The molecule has 1 aliphatic heterocycles. The van der Waals surface area contributed by atoms with Gasteiger partial charge in [-0.1, -0.05) is 30.3 Å². The highest BCUT2D eigenvalue weighted by Gasteiger charge is 2.35. The summed E-state index contributed by atoms with van der Waals surface area (Å²) in [6.07, 6.45) is -1.93. The number of halogens is 4. The van der Waals surface area contributed by atoms with Gasteiger partial charge < -0.3 is 10.2 Å². The predicted molar refractivity (Wildman–Crippen MR) is 131 cm³/mol. The molecule has 192 valence electrons. The van der Waals surface area contributed by atoms with Crippen LogP contribution < -0.4 is 10.2 Å². The molecule has 1 saturated heterocycles. The third kappa shape index (κ3) is 4.73. The van der Waals surface area contributed by atoms with Gasteiger partial charge >= 0.3 is 6.18 Å². The van der Waals surface area contributed by atoms with Gasteiger partial charge in [-0.05, 0) is 31.0 Å². The number of hydrogen-bond donors (Lipinski definition) is 1. The molecular formula is C26H24F4N6O. The van der Waals surface area contributed by atoms with E-state index in [2.05, 4.69) is 25.5 Å². The Morgan fingerprint density at radius 2 is 1.76 bits per heavy atom. The molecule has 2 aromatic carbocycles. The Morgan fingerprint density at radius 1 is 1.03 bits per heavy atom. The van der Waals surface area contributed by atoms with E-state index in [1.165, 1.54) is 6.07 Å². The Balaban J connectivity index is 1.32. The number of carbonyl (C=O) groups is 1. The third-order valence-electron chi connectivity index (χ3n) is 6.72. The van der Waals surface area contributed by atoms with Crippen LogP contribution in [0.1, 0.15) is 34.3 Å². The van der Waals surface area contributed by atoms with Crippen LogP contribution >= 0.6 is 0 Å². The fourth-order valence-corrected chi connectivity index (χ4v) is 4.83. The molecule has 7 nitrogen and oxygen atoms in total. The van der Waals surface area contributed by atoms with Crippen LogP contribution in [0.5, 0.6) is 0 Å². The number of hydrogen-bond acceptors (Lipinski definition) is 5. The standard InChI is InChI=1S/C26H24F4N6O/c1-35-22(9-12-31-35)23-17-5-2-3-6-18(17)24(34-33-23)36-13-10-16(11-14-36)32-25(37)19-7-4-8-21(20(19)15-27)26(28,29)30/h2-9,12,16H,10-11,13-15H2,1H3,(H,32,37). The maximum Gasteiger partial charge on any atom is 0.416 e. The van der Waals surface area contributed by atoms with Crippen LogP contribution in [0.3, 0.4) is 0 Å². The summed E-state index contributed by atoms with van der Waals surface area (Å²) < 4.78 is 55.0. The van der Waals surface area contributed by atoms with Crippen molar-refractivity contribution in [3.05, 3.63) is 71.4 Å². The second kappa shape index (κ2) is 9.79. The summed E-state index contributed by atoms with van der Waals surface area (Å²) in [6.45, 7) is -0.252. The highest BCUT2D eigenvalue weighted by molar-refractivity contribution is 6.00. The van der Waals surface area contributed by atoms with E-state index < -0.39 is 29.9 Å². The van der Waals surface area contributed by atoms with Crippen molar-refractivity contribution in [3.63, 3.8) is 0 Å². The van der Waals surface area contributed by atoms with E-state index >= 15 is 0 Å². The number of benzene rings is 2. The van der Waals surface area contributed by atoms with Crippen LogP contribution in [-0.2, 0) is 19.9 Å². The SMILES string of the molecule is Cn1nccc1-c1nnc(N2CCC(NC(=O)c3cccc(C(F)(F)F)c3CF)CC2)c2ccccc12. The van der Waals surface area contributed by atoms with Crippen molar-refractivity contribution in [2.45, 2.75) is 31.7 Å². The highest BCUT2D eigenvalue weighted by Crippen LogP contribution is 2.35. The molecule has 0 unspecified atom stereocenters. The number of nitrogens with one attached hydrogen (secondary N) is 1. The van der Waals surface area contributed by atoms with Gasteiger partial charge in [-0.15, -0.1) is 10.2 Å². The molecule has 0 spiro atoms. The minimum absolute atomic E-state index is 0.265. The largest absolute Gasteiger partial charge is 0.416 e. The molecule has 5 rings (SSSR count). The van der Waals surface area contributed by atoms with Crippen molar-refractivity contribution in [2.24, 2.45) is 7.05 Å². The molecule has 11 heteroatoms. The lowest BCUT2D eigenvalue weighted by molar-refractivity contribution is -0.138. The summed E-state index contributed by atoms with van der Waals surface area (Å²) in [5.41, 5.74) is -0.481. The first-order chi connectivity index (χ1) is 17.8. The number of rotatable bonds is 5. The normalized spacial score (nSPS) is 14.8. The number of anilines is 1. The van der Waals surface area contributed by atoms with Gasteiger partial charge in [-0.3, -0.25) is 9.48 Å². The summed E-state index contributed by atoms with van der Waals surface area (Å²) in [5.74, 6) is 0.0202. The fraction of sp³-hybridized carbons (Fsp3) is 0.308.